The fraction of sp³-hybridized carbons (Fsp3) is 0.333. The standard InChI is InChI=1S/C12H13N3/c1-2-11(6-13-5-1)12-7-14-15(9-12)8-10-3-4-10/h1-2,5-7,9-10H,3-4,8H2. The lowest BCUT2D eigenvalue weighted by Crippen LogP contribution is -1.98. The summed E-state index contributed by atoms with van der Waals surface area (Å²) < 4.78 is 2.04. The van der Waals surface area contributed by atoms with Gasteiger partial charge in [-0.1, -0.05) is 6.07 Å². The molecule has 0 atom stereocenters. The minimum Gasteiger partial charge on any atom is -0.272 e. The molecule has 0 unspecified atom stereocenters. The maximum Gasteiger partial charge on any atom is 0.0568 e. The summed E-state index contributed by atoms with van der Waals surface area (Å²) in [5.41, 5.74) is 2.29. The van der Waals surface area contributed by atoms with Crippen molar-refractivity contribution in [2.75, 3.05) is 0 Å². The Balaban J connectivity index is 1.83. The van der Waals surface area contributed by atoms with Gasteiger partial charge in [-0.05, 0) is 24.8 Å². The van der Waals surface area contributed by atoms with Crippen molar-refractivity contribution < 1.29 is 0 Å². The van der Waals surface area contributed by atoms with Crippen LogP contribution >= 0.6 is 0 Å². The van der Waals surface area contributed by atoms with E-state index in [4.69, 9.17) is 0 Å². The Kier molecular flexibility index (Phi) is 2.02. The molecule has 3 nitrogen and oxygen atoms in total. The molecule has 15 heavy (non-hydrogen) atoms. The van der Waals surface area contributed by atoms with Gasteiger partial charge in [0.1, 0.15) is 0 Å². The summed E-state index contributed by atoms with van der Waals surface area (Å²) in [4.78, 5) is 4.11. The van der Waals surface area contributed by atoms with Gasteiger partial charge in [-0.25, -0.2) is 0 Å². The predicted molar refractivity (Wildman–Crippen MR) is 58.2 cm³/mol. The van der Waals surface area contributed by atoms with Crippen LogP contribution in [0, 0.1) is 5.92 Å². The summed E-state index contributed by atoms with van der Waals surface area (Å²) in [6, 6.07) is 4.01. The molecule has 0 N–H and O–H groups in total. The lowest BCUT2D eigenvalue weighted by molar-refractivity contribution is 0.563. The van der Waals surface area contributed by atoms with E-state index in [0.717, 1.165) is 23.6 Å². The number of rotatable bonds is 3. The van der Waals surface area contributed by atoms with Crippen LogP contribution in [0.5, 0.6) is 0 Å². The first-order chi connectivity index (χ1) is 7.42. The van der Waals surface area contributed by atoms with Crippen LogP contribution in [0.1, 0.15) is 12.8 Å². The van der Waals surface area contributed by atoms with E-state index in [-0.39, 0.29) is 0 Å². The van der Waals surface area contributed by atoms with Gasteiger partial charge < -0.3 is 0 Å². The molecule has 1 fully saturated rings. The number of hydrogen-bond acceptors (Lipinski definition) is 2. The van der Waals surface area contributed by atoms with Crippen LogP contribution in [0.3, 0.4) is 0 Å². The topological polar surface area (TPSA) is 30.7 Å². The van der Waals surface area contributed by atoms with Gasteiger partial charge >= 0.3 is 0 Å². The molecule has 1 saturated carbocycles. The van der Waals surface area contributed by atoms with Gasteiger partial charge in [-0.3, -0.25) is 9.67 Å². The van der Waals surface area contributed by atoms with E-state index in [1.54, 1.807) is 6.20 Å². The first-order valence-electron chi connectivity index (χ1n) is 5.35. The fourth-order valence-corrected chi connectivity index (χ4v) is 1.71. The van der Waals surface area contributed by atoms with E-state index in [1.807, 2.05) is 23.1 Å². The van der Waals surface area contributed by atoms with Crippen molar-refractivity contribution in [2.45, 2.75) is 19.4 Å². The minimum atomic E-state index is 0.867. The van der Waals surface area contributed by atoms with E-state index in [9.17, 15) is 0 Å². The number of nitrogens with zero attached hydrogens (tertiary/aromatic N) is 3. The average Bonchev–Trinajstić information content (AvgIpc) is 2.96. The molecule has 2 aromatic rings. The Morgan fingerprint density at radius 3 is 2.93 bits per heavy atom. The molecule has 0 radical (unpaired) electrons. The maximum absolute atomic E-state index is 4.36. The zero-order valence-corrected chi connectivity index (χ0v) is 8.50. The monoisotopic (exact) mass is 199 g/mol. The highest BCUT2D eigenvalue weighted by Crippen LogP contribution is 2.30. The second kappa shape index (κ2) is 3.50. The molecule has 1 aliphatic rings. The third kappa shape index (κ3) is 1.91. The first-order valence-corrected chi connectivity index (χ1v) is 5.35. The summed E-state index contributed by atoms with van der Waals surface area (Å²) in [6.07, 6.45) is 10.4. The highest BCUT2D eigenvalue weighted by molar-refractivity contribution is 5.60. The number of pyridine rings is 1. The summed E-state index contributed by atoms with van der Waals surface area (Å²) in [5, 5.41) is 4.36. The summed E-state index contributed by atoms with van der Waals surface area (Å²) in [5.74, 6) is 0.867. The second-order valence-electron chi connectivity index (χ2n) is 4.14. The third-order valence-electron chi connectivity index (χ3n) is 2.77. The zero-order valence-electron chi connectivity index (χ0n) is 8.50. The molecule has 0 saturated heterocycles. The molecule has 0 aromatic carbocycles. The smallest absolute Gasteiger partial charge is 0.0568 e. The van der Waals surface area contributed by atoms with E-state index < -0.39 is 0 Å². The molecule has 76 valence electrons. The van der Waals surface area contributed by atoms with Crippen molar-refractivity contribution in [2.24, 2.45) is 5.92 Å². The van der Waals surface area contributed by atoms with Crippen LogP contribution in [-0.4, -0.2) is 14.8 Å². The SMILES string of the molecule is c1cncc(-c2cnn(CC3CC3)c2)c1. The first kappa shape index (κ1) is 8.65. The lowest BCUT2D eigenvalue weighted by atomic mass is 10.2. The van der Waals surface area contributed by atoms with Crippen molar-refractivity contribution in [1.82, 2.24) is 14.8 Å². The van der Waals surface area contributed by atoms with Gasteiger partial charge in [0.05, 0.1) is 6.20 Å². The van der Waals surface area contributed by atoms with Crippen LogP contribution in [0.4, 0.5) is 0 Å². The van der Waals surface area contributed by atoms with Gasteiger partial charge in [0, 0.05) is 36.3 Å². The molecular formula is C12H13N3. The zero-order chi connectivity index (χ0) is 10.1. The Hall–Kier alpha value is -1.64. The van der Waals surface area contributed by atoms with Crippen molar-refractivity contribution in [3.63, 3.8) is 0 Å². The van der Waals surface area contributed by atoms with Gasteiger partial charge in [0.15, 0.2) is 0 Å². The quantitative estimate of drug-likeness (QED) is 0.759. The molecule has 0 amide bonds. The molecule has 3 heteroatoms. The molecular weight excluding hydrogens is 186 g/mol. The molecule has 0 bridgehead atoms. The van der Waals surface area contributed by atoms with Crippen LogP contribution in [-0.2, 0) is 6.54 Å². The van der Waals surface area contributed by atoms with Gasteiger partial charge in [0.25, 0.3) is 0 Å². The number of hydrogen-bond donors (Lipinski definition) is 0. The minimum absolute atomic E-state index is 0.867. The van der Waals surface area contributed by atoms with Gasteiger partial charge in [-0.15, -0.1) is 0 Å². The second-order valence-corrected chi connectivity index (χ2v) is 4.14. The van der Waals surface area contributed by atoms with Gasteiger partial charge in [0.2, 0.25) is 0 Å². The van der Waals surface area contributed by atoms with Crippen molar-refractivity contribution >= 4 is 0 Å². The molecule has 2 heterocycles. The van der Waals surface area contributed by atoms with Crippen molar-refractivity contribution in [3.05, 3.63) is 36.9 Å². The fourth-order valence-electron chi connectivity index (χ4n) is 1.71. The average molecular weight is 199 g/mol. The molecule has 2 aromatic heterocycles. The third-order valence-corrected chi connectivity index (χ3v) is 2.77. The number of aromatic nitrogens is 3. The Bertz CT molecular complexity index is 443. The van der Waals surface area contributed by atoms with Crippen LogP contribution in [0.2, 0.25) is 0 Å². The molecule has 0 spiro atoms. The van der Waals surface area contributed by atoms with E-state index in [0.29, 0.717) is 0 Å². The van der Waals surface area contributed by atoms with Crippen LogP contribution in [0.15, 0.2) is 36.9 Å². The highest BCUT2D eigenvalue weighted by Gasteiger charge is 2.21. The van der Waals surface area contributed by atoms with E-state index >= 15 is 0 Å². The normalized spacial score (nSPS) is 15.5. The Morgan fingerprint density at radius 2 is 2.20 bits per heavy atom. The molecule has 3 rings (SSSR count). The van der Waals surface area contributed by atoms with E-state index in [2.05, 4.69) is 22.3 Å². The van der Waals surface area contributed by atoms with E-state index in [1.165, 1.54) is 12.8 Å². The summed E-state index contributed by atoms with van der Waals surface area (Å²) in [7, 11) is 0. The largest absolute Gasteiger partial charge is 0.272 e. The Morgan fingerprint density at radius 1 is 1.27 bits per heavy atom. The summed E-state index contributed by atoms with van der Waals surface area (Å²) >= 11 is 0. The van der Waals surface area contributed by atoms with Crippen molar-refractivity contribution in [3.8, 4) is 11.1 Å². The predicted octanol–water partition coefficient (Wildman–Crippen LogP) is 2.36. The summed E-state index contributed by atoms with van der Waals surface area (Å²) in [6.45, 7) is 1.07. The lowest BCUT2D eigenvalue weighted by Gasteiger charge is -1.97. The molecule has 0 aliphatic heterocycles. The van der Waals surface area contributed by atoms with Crippen LogP contribution < -0.4 is 0 Å². The van der Waals surface area contributed by atoms with Gasteiger partial charge in [-0.2, -0.15) is 5.10 Å². The highest BCUT2D eigenvalue weighted by atomic mass is 15.3. The van der Waals surface area contributed by atoms with Crippen LogP contribution in [0.25, 0.3) is 11.1 Å². The molecule has 1 aliphatic carbocycles. The maximum atomic E-state index is 4.36. The van der Waals surface area contributed by atoms with Crippen molar-refractivity contribution in [1.29, 1.82) is 0 Å². The Labute approximate surface area is 88.8 Å².